The fourth-order valence-corrected chi connectivity index (χ4v) is 1.52. The Hall–Kier alpha value is -0.741. The van der Waals surface area contributed by atoms with Crippen LogP contribution in [0.4, 0.5) is 0 Å². The van der Waals surface area contributed by atoms with E-state index < -0.39 is 0 Å². The van der Waals surface area contributed by atoms with Gasteiger partial charge in [0.2, 0.25) is 0 Å². The van der Waals surface area contributed by atoms with Crippen molar-refractivity contribution in [2.24, 2.45) is 0 Å². The molecule has 1 aromatic rings. The summed E-state index contributed by atoms with van der Waals surface area (Å²) in [7, 11) is 0. The molecule has 2 heteroatoms. The average Bonchev–Trinajstić information content (AvgIpc) is 2.14. The molecule has 1 rings (SSSR count). The van der Waals surface area contributed by atoms with Gasteiger partial charge < -0.3 is 0 Å². The molecule has 0 amide bonds. The van der Waals surface area contributed by atoms with Crippen molar-refractivity contribution in [2.45, 2.75) is 5.32 Å². The molecule has 62 valence electrons. The molecule has 0 atom stereocenters. The van der Waals surface area contributed by atoms with Crippen LogP contribution in [-0.4, -0.2) is 26.7 Å². The minimum absolute atomic E-state index is 0.253. The zero-order valence-electron chi connectivity index (χ0n) is 6.66. The molecule has 0 aliphatic rings. The van der Waals surface area contributed by atoms with Crippen LogP contribution in [-0.2, 0) is 0 Å². The van der Waals surface area contributed by atoms with Gasteiger partial charge in [0.25, 0.3) is 0 Å². The molecule has 0 fully saturated rings. The van der Waals surface area contributed by atoms with Gasteiger partial charge in [0.1, 0.15) is 0 Å². The molecule has 1 aromatic carbocycles. The third kappa shape index (κ3) is 3.59. The number of rotatable bonds is 2. The second-order valence-corrected chi connectivity index (χ2v) is 4.06. The van der Waals surface area contributed by atoms with Crippen LogP contribution in [0, 0.1) is 10.7 Å². The average molecular weight is 225 g/mol. The van der Waals surface area contributed by atoms with E-state index in [1.807, 2.05) is 30.3 Å². The Kier molecular flexibility index (Phi) is 4.56. The summed E-state index contributed by atoms with van der Waals surface area (Å²) in [6, 6.07) is 9.90. The monoisotopic (exact) mass is 226 g/mol. The van der Waals surface area contributed by atoms with Crippen LogP contribution < -0.4 is 0 Å². The molecule has 0 aliphatic heterocycles. The third-order valence-electron chi connectivity index (χ3n) is 1.23. The standard InChI is InChI=1S/C10H10OSe/c11-7-9-12-8-6-10-4-2-1-3-5-10/h1-5,11H,7,9H2. The number of hydrogen-bond donors (Lipinski definition) is 1. The Morgan fingerprint density at radius 3 is 2.67 bits per heavy atom. The Labute approximate surface area is 79.0 Å². The molecular weight excluding hydrogens is 215 g/mol. The van der Waals surface area contributed by atoms with Gasteiger partial charge >= 0.3 is 78.6 Å². The summed E-state index contributed by atoms with van der Waals surface area (Å²) in [5, 5.41) is 9.34. The van der Waals surface area contributed by atoms with Crippen LogP contribution in [0.25, 0.3) is 0 Å². The van der Waals surface area contributed by atoms with Crippen molar-refractivity contribution >= 4 is 15.0 Å². The topological polar surface area (TPSA) is 20.2 Å². The Bertz CT molecular complexity index is 271. The summed E-state index contributed by atoms with van der Waals surface area (Å²) in [6.07, 6.45) is 0. The number of hydrogen-bond acceptors (Lipinski definition) is 1. The fourth-order valence-electron chi connectivity index (χ4n) is 0.713. The van der Waals surface area contributed by atoms with Crippen molar-refractivity contribution in [1.29, 1.82) is 0 Å². The van der Waals surface area contributed by atoms with E-state index in [1.165, 1.54) is 0 Å². The van der Waals surface area contributed by atoms with Crippen molar-refractivity contribution in [3.8, 4) is 10.7 Å². The molecule has 0 saturated heterocycles. The van der Waals surface area contributed by atoms with E-state index in [0.29, 0.717) is 0 Å². The molecule has 12 heavy (non-hydrogen) atoms. The van der Waals surface area contributed by atoms with E-state index in [1.54, 1.807) is 0 Å². The Morgan fingerprint density at radius 2 is 2.00 bits per heavy atom. The first kappa shape index (κ1) is 9.35. The number of aliphatic hydroxyl groups is 1. The molecule has 0 aliphatic carbocycles. The predicted octanol–water partition coefficient (Wildman–Crippen LogP) is 1.11. The van der Waals surface area contributed by atoms with Gasteiger partial charge in [-0.05, 0) is 0 Å². The maximum absolute atomic E-state index is 8.51. The fraction of sp³-hybridized carbons (Fsp3) is 0.200. The molecule has 1 nitrogen and oxygen atoms in total. The normalized spacial score (nSPS) is 8.75. The van der Waals surface area contributed by atoms with Gasteiger partial charge in [-0.2, -0.15) is 0 Å². The predicted molar refractivity (Wildman–Crippen MR) is 51.0 cm³/mol. The van der Waals surface area contributed by atoms with E-state index >= 15 is 0 Å². The molecule has 0 aromatic heterocycles. The Morgan fingerprint density at radius 1 is 1.25 bits per heavy atom. The molecule has 0 unspecified atom stereocenters. The number of aliphatic hydroxyl groups excluding tert-OH is 1. The van der Waals surface area contributed by atoms with Crippen molar-refractivity contribution < 1.29 is 5.11 Å². The van der Waals surface area contributed by atoms with Crippen LogP contribution in [0.5, 0.6) is 0 Å². The molecule has 0 bridgehead atoms. The summed E-state index contributed by atoms with van der Waals surface area (Å²) < 4.78 is 0. The zero-order valence-corrected chi connectivity index (χ0v) is 8.37. The van der Waals surface area contributed by atoms with Crippen molar-refractivity contribution in [3.63, 3.8) is 0 Å². The van der Waals surface area contributed by atoms with Gasteiger partial charge in [-0.3, -0.25) is 0 Å². The first-order chi connectivity index (χ1) is 5.93. The molecule has 0 saturated carbocycles. The Balaban J connectivity index is 2.44. The first-order valence-electron chi connectivity index (χ1n) is 3.72. The molecule has 0 heterocycles. The summed E-state index contributed by atoms with van der Waals surface area (Å²) >= 11 is 0.268. The second-order valence-electron chi connectivity index (χ2n) is 2.17. The van der Waals surface area contributed by atoms with E-state index in [4.69, 9.17) is 5.11 Å². The van der Waals surface area contributed by atoms with Crippen LogP contribution >= 0.6 is 0 Å². The van der Waals surface area contributed by atoms with Gasteiger partial charge in [0.15, 0.2) is 0 Å². The third-order valence-corrected chi connectivity index (χ3v) is 2.56. The molecular formula is C10H10OSe. The number of benzene rings is 1. The van der Waals surface area contributed by atoms with Crippen LogP contribution in [0.1, 0.15) is 5.56 Å². The van der Waals surface area contributed by atoms with Crippen LogP contribution in [0.15, 0.2) is 30.3 Å². The maximum atomic E-state index is 8.51. The summed E-state index contributed by atoms with van der Waals surface area (Å²) in [5.41, 5.74) is 1.05. The van der Waals surface area contributed by atoms with E-state index in [-0.39, 0.29) is 21.6 Å². The zero-order chi connectivity index (χ0) is 8.65. The molecule has 0 spiro atoms. The van der Waals surface area contributed by atoms with Crippen LogP contribution in [0.2, 0.25) is 5.32 Å². The van der Waals surface area contributed by atoms with Gasteiger partial charge in [-0.15, -0.1) is 0 Å². The van der Waals surface area contributed by atoms with Crippen LogP contribution in [0.3, 0.4) is 0 Å². The first-order valence-corrected chi connectivity index (χ1v) is 5.79. The quantitative estimate of drug-likeness (QED) is 0.454. The molecule has 1 N–H and O–H groups in total. The second kappa shape index (κ2) is 5.85. The minimum atomic E-state index is 0.253. The van der Waals surface area contributed by atoms with Crippen molar-refractivity contribution in [1.82, 2.24) is 0 Å². The summed E-state index contributed by atoms with van der Waals surface area (Å²) in [5.74, 6) is 3.05. The molecule has 0 radical (unpaired) electrons. The van der Waals surface area contributed by atoms with E-state index in [9.17, 15) is 0 Å². The van der Waals surface area contributed by atoms with Gasteiger partial charge in [0.05, 0.1) is 0 Å². The van der Waals surface area contributed by atoms with Gasteiger partial charge in [-0.1, -0.05) is 0 Å². The summed E-state index contributed by atoms with van der Waals surface area (Å²) in [6.45, 7) is 0.253. The van der Waals surface area contributed by atoms with Gasteiger partial charge in [-0.25, -0.2) is 0 Å². The summed E-state index contributed by atoms with van der Waals surface area (Å²) in [4.78, 5) is 3.06. The van der Waals surface area contributed by atoms with Crippen molar-refractivity contribution in [3.05, 3.63) is 35.9 Å². The van der Waals surface area contributed by atoms with E-state index in [0.717, 1.165) is 10.9 Å². The van der Waals surface area contributed by atoms with Crippen molar-refractivity contribution in [2.75, 3.05) is 6.61 Å². The SMILES string of the molecule is OCC[Se]C#Cc1ccccc1. The van der Waals surface area contributed by atoms with E-state index in [2.05, 4.69) is 10.7 Å². The van der Waals surface area contributed by atoms with Gasteiger partial charge in [0, 0.05) is 0 Å².